The lowest BCUT2D eigenvalue weighted by Crippen LogP contribution is -2.14. The highest BCUT2D eigenvalue weighted by molar-refractivity contribution is 5.72. The molecule has 0 heterocycles. The molecule has 0 unspecified atom stereocenters. The van der Waals surface area contributed by atoms with Crippen molar-refractivity contribution in [3.8, 4) is 0 Å². The molecule has 0 aromatic heterocycles. The van der Waals surface area contributed by atoms with E-state index in [0.717, 1.165) is 5.56 Å². The molecule has 2 nitrogen and oxygen atoms in total. The van der Waals surface area contributed by atoms with Gasteiger partial charge in [-0.15, -0.1) is 0 Å². The Labute approximate surface area is 129 Å². The van der Waals surface area contributed by atoms with E-state index in [1.165, 1.54) is 13.8 Å². The molecule has 0 aliphatic carbocycles. The Hall–Kier alpha value is -1.93. The number of ketones is 1. The predicted octanol–water partition coefficient (Wildman–Crippen LogP) is 4.83. The zero-order valence-electron chi connectivity index (χ0n) is 12.7. The highest BCUT2D eigenvalue weighted by Crippen LogP contribution is 2.17. The number of carbonyl (C=O) groups excluding carboxylic acids is 1. The van der Waals surface area contributed by atoms with E-state index in [1.807, 2.05) is 66.7 Å². The predicted molar refractivity (Wildman–Crippen MR) is 91.2 cm³/mol. The molecule has 116 valence electrons. The minimum atomic E-state index is -0.707. The second-order valence-corrected chi connectivity index (χ2v) is 4.99. The smallest absolute Gasteiger partial charge is 0.126 e. The third-order valence-electron chi connectivity index (χ3n) is 2.15. The minimum Gasteiger partial charge on any atom is -0.386 e. The van der Waals surface area contributed by atoms with Crippen LogP contribution in [-0.2, 0) is 10.4 Å². The van der Waals surface area contributed by atoms with E-state index < -0.39 is 5.60 Å². The summed E-state index contributed by atoms with van der Waals surface area (Å²) in [6.07, 6.45) is 0. The topological polar surface area (TPSA) is 37.3 Å². The second kappa shape index (κ2) is 11.9. The Morgan fingerprint density at radius 1 is 0.810 bits per heavy atom. The van der Waals surface area contributed by atoms with Crippen molar-refractivity contribution in [2.45, 2.75) is 40.7 Å². The van der Waals surface area contributed by atoms with Crippen LogP contribution in [0.5, 0.6) is 0 Å². The van der Waals surface area contributed by atoms with Crippen LogP contribution in [0.4, 0.5) is 0 Å². The van der Waals surface area contributed by atoms with Crippen LogP contribution in [0.15, 0.2) is 66.7 Å². The van der Waals surface area contributed by atoms with Gasteiger partial charge in [-0.05, 0) is 33.3 Å². The van der Waals surface area contributed by atoms with Gasteiger partial charge in [0.1, 0.15) is 5.78 Å². The van der Waals surface area contributed by atoms with Crippen LogP contribution in [-0.4, -0.2) is 10.9 Å². The molecule has 2 rings (SSSR count). The Morgan fingerprint density at radius 3 is 1.24 bits per heavy atom. The average molecular weight is 288 g/mol. The first-order valence-electron chi connectivity index (χ1n) is 6.59. The number of benzene rings is 2. The Morgan fingerprint density at radius 2 is 1.05 bits per heavy atom. The Balaban J connectivity index is 0. The molecule has 0 fully saturated rings. The zero-order chi connectivity index (χ0) is 15.4. The molecule has 0 spiro atoms. The summed E-state index contributed by atoms with van der Waals surface area (Å²) < 4.78 is 0. The van der Waals surface area contributed by atoms with Crippen LogP contribution in [0.25, 0.3) is 0 Å². The largest absolute Gasteiger partial charge is 0.386 e. The molecule has 0 atom stereocenters. The first kappa shape index (κ1) is 21.4. The molecular weight excluding hydrogens is 260 g/mol. The fourth-order valence-electron chi connectivity index (χ4n) is 1.23. The van der Waals surface area contributed by atoms with E-state index >= 15 is 0 Å². The molecule has 2 heteroatoms. The molecule has 0 bridgehead atoms. The van der Waals surface area contributed by atoms with Gasteiger partial charge in [-0.25, -0.2) is 0 Å². The van der Waals surface area contributed by atoms with Crippen molar-refractivity contribution in [1.29, 1.82) is 0 Å². The quantitative estimate of drug-likeness (QED) is 0.816. The maximum absolute atomic E-state index is 9.49. The Kier molecular flexibility index (Phi) is 12.1. The van der Waals surface area contributed by atoms with E-state index in [4.69, 9.17) is 0 Å². The van der Waals surface area contributed by atoms with Gasteiger partial charge in [-0.3, -0.25) is 0 Å². The lowest BCUT2D eigenvalue weighted by atomic mass is 9.99. The van der Waals surface area contributed by atoms with Crippen molar-refractivity contribution in [2.24, 2.45) is 0 Å². The molecule has 2 aromatic carbocycles. The van der Waals surface area contributed by atoms with Gasteiger partial charge in [0.25, 0.3) is 0 Å². The summed E-state index contributed by atoms with van der Waals surface area (Å²) in [6.45, 7) is 6.62. The van der Waals surface area contributed by atoms with Gasteiger partial charge in [-0.2, -0.15) is 0 Å². The number of aliphatic hydroxyl groups is 1. The Bertz CT molecular complexity index is 425. The first-order chi connectivity index (χ1) is 9.34. The number of hydrogen-bond donors (Lipinski definition) is 1. The lowest BCUT2D eigenvalue weighted by molar-refractivity contribution is -0.114. The van der Waals surface area contributed by atoms with Crippen molar-refractivity contribution < 1.29 is 9.90 Å². The van der Waals surface area contributed by atoms with Crippen LogP contribution in [0, 0.1) is 0 Å². The number of hydrogen-bond acceptors (Lipinski definition) is 2. The van der Waals surface area contributed by atoms with Crippen LogP contribution in [0.2, 0.25) is 0 Å². The first-order valence-corrected chi connectivity index (χ1v) is 6.59. The highest BCUT2D eigenvalue weighted by atomic mass is 16.3. The van der Waals surface area contributed by atoms with Crippen molar-refractivity contribution in [3.63, 3.8) is 0 Å². The van der Waals surface area contributed by atoms with Crippen LogP contribution >= 0.6 is 0 Å². The van der Waals surface area contributed by atoms with Gasteiger partial charge in [0, 0.05) is 0 Å². The summed E-state index contributed by atoms with van der Waals surface area (Å²) in [5, 5.41) is 9.49. The fourth-order valence-corrected chi connectivity index (χ4v) is 1.23. The van der Waals surface area contributed by atoms with E-state index in [-0.39, 0.29) is 13.2 Å². The molecular formula is C19H28O2. The second-order valence-electron chi connectivity index (χ2n) is 4.99. The summed E-state index contributed by atoms with van der Waals surface area (Å²) >= 11 is 0. The van der Waals surface area contributed by atoms with Gasteiger partial charge in [-0.1, -0.05) is 74.2 Å². The molecule has 0 amide bonds. The molecule has 0 aliphatic heterocycles. The fraction of sp³-hybridized carbons (Fsp3) is 0.316. The standard InChI is InChI=1S/C9H12O.C6H6.C3H6O.CH4/c1-9(2,10)8-6-4-3-5-7-8;1-2-4-6-5-3-1;1-3(2)4;/h3-7,10H,1-2H3;1-6H;1-2H3;1H4. The van der Waals surface area contributed by atoms with Gasteiger partial charge in [0.15, 0.2) is 0 Å². The van der Waals surface area contributed by atoms with Gasteiger partial charge in [0.2, 0.25) is 0 Å². The summed E-state index contributed by atoms with van der Waals surface area (Å²) in [7, 11) is 0. The lowest BCUT2D eigenvalue weighted by Gasteiger charge is -2.16. The number of rotatable bonds is 1. The van der Waals surface area contributed by atoms with E-state index in [9.17, 15) is 9.90 Å². The van der Waals surface area contributed by atoms with Gasteiger partial charge >= 0.3 is 0 Å². The normalized spacial score (nSPS) is 9.00. The zero-order valence-corrected chi connectivity index (χ0v) is 12.7. The SMILES string of the molecule is C.CC(C)(O)c1ccccc1.CC(C)=O.c1ccccc1. The number of Topliss-reactive ketones (excluding diaryl/α,β-unsaturated/α-hetero) is 1. The summed E-state index contributed by atoms with van der Waals surface area (Å²) in [6, 6.07) is 21.6. The molecule has 2 aromatic rings. The summed E-state index contributed by atoms with van der Waals surface area (Å²) in [5.41, 5.74) is 0.247. The molecule has 0 radical (unpaired) electrons. The number of carbonyl (C=O) groups is 1. The summed E-state index contributed by atoms with van der Waals surface area (Å²) in [5.74, 6) is 0.167. The van der Waals surface area contributed by atoms with Crippen LogP contribution < -0.4 is 0 Å². The van der Waals surface area contributed by atoms with Crippen LogP contribution in [0.1, 0.15) is 40.7 Å². The maximum Gasteiger partial charge on any atom is 0.126 e. The molecule has 1 N–H and O–H groups in total. The van der Waals surface area contributed by atoms with Crippen molar-refractivity contribution in [1.82, 2.24) is 0 Å². The average Bonchev–Trinajstić information content (AvgIpc) is 2.41. The molecule has 21 heavy (non-hydrogen) atoms. The van der Waals surface area contributed by atoms with E-state index in [0.29, 0.717) is 0 Å². The van der Waals surface area contributed by atoms with Gasteiger partial charge in [0.05, 0.1) is 5.60 Å². The third kappa shape index (κ3) is 14.3. The molecule has 0 saturated heterocycles. The maximum atomic E-state index is 9.49. The monoisotopic (exact) mass is 288 g/mol. The molecule has 0 aliphatic rings. The van der Waals surface area contributed by atoms with E-state index in [1.54, 1.807) is 13.8 Å². The van der Waals surface area contributed by atoms with Crippen molar-refractivity contribution in [3.05, 3.63) is 72.3 Å². The third-order valence-corrected chi connectivity index (χ3v) is 2.15. The van der Waals surface area contributed by atoms with Crippen molar-refractivity contribution >= 4 is 5.78 Å². The summed E-state index contributed by atoms with van der Waals surface area (Å²) in [4.78, 5) is 9.44. The van der Waals surface area contributed by atoms with Gasteiger partial charge < -0.3 is 9.90 Å². The molecule has 0 saturated carbocycles. The van der Waals surface area contributed by atoms with E-state index in [2.05, 4.69) is 0 Å². The van der Waals surface area contributed by atoms with Crippen molar-refractivity contribution in [2.75, 3.05) is 0 Å². The van der Waals surface area contributed by atoms with Crippen LogP contribution in [0.3, 0.4) is 0 Å². The minimum absolute atomic E-state index is 0. The highest BCUT2D eigenvalue weighted by Gasteiger charge is 2.13.